The van der Waals surface area contributed by atoms with Crippen LogP contribution in [0.1, 0.15) is 22.8 Å². The van der Waals surface area contributed by atoms with Gasteiger partial charge in [-0.3, -0.25) is 14.5 Å². The van der Waals surface area contributed by atoms with Crippen molar-refractivity contribution >= 4 is 11.9 Å². The molecule has 0 aliphatic carbocycles. The normalized spacial score (nSPS) is 22.9. The molecule has 0 aromatic heterocycles. The average molecular weight is 280 g/mol. The Morgan fingerprint density at radius 2 is 2.15 bits per heavy atom. The first kappa shape index (κ1) is 14.5. The van der Waals surface area contributed by atoms with Gasteiger partial charge in [-0.1, -0.05) is 6.92 Å². The van der Waals surface area contributed by atoms with Gasteiger partial charge in [0.2, 0.25) is 5.91 Å². The number of likely N-dealkylation sites (tertiary alicyclic amines) is 1. The number of hydrogen-bond acceptors (Lipinski definition) is 3. The molecule has 1 aliphatic heterocycles. The van der Waals surface area contributed by atoms with Crippen LogP contribution in [0, 0.1) is 17.7 Å². The summed E-state index contributed by atoms with van der Waals surface area (Å²) in [5.74, 6) is -2.26. The molecule has 2 rings (SSSR count). The molecule has 1 aromatic rings. The second-order valence-electron chi connectivity index (χ2n) is 5.29. The maximum atomic E-state index is 13.7. The highest BCUT2D eigenvalue weighted by Gasteiger charge is 2.34. The summed E-state index contributed by atoms with van der Waals surface area (Å²) >= 11 is 0. The van der Waals surface area contributed by atoms with Crippen molar-refractivity contribution in [2.45, 2.75) is 13.5 Å². The second-order valence-corrected chi connectivity index (χ2v) is 5.29. The number of aliphatic carboxylic acids is 1. The van der Waals surface area contributed by atoms with Gasteiger partial charge in [0.15, 0.2) is 0 Å². The predicted molar refractivity (Wildman–Crippen MR) is 70.5 cm³/mol. The van der Waals surface area contributed by atoms with Crippen LogP contribution in [0.5, 0.6) is 0 Å². The second kappa shape index (κ2) is 5.58. The van der Waals surface area contributed by atoms with Crippen LogP contribution < -0.4 is 5.73 Å². The van der Waals surface area contributed by atoms with E-state index in [0.717, 1.165) is 0 Å². The lowest BCUT2D eigenvalue weighted by Gasteiger charge is -2.16. The number of hydrogen-bond donors (Lipinski definition) is 2. The van der Waals surface area contributed by atoms with Crippen LogP contribution in [-0.2, 0) is 11.3 Å². The van der Waals surface area contributed by atoms with E-state index in [1.54, 1.807) is 0 Å². The topological polar surface area (TPSA) is 83.6 Å². The zero-order valence-corrected chi connectivity index (χ0v) is 11.2. The largest absolute Gasteiger partial charge is 0.481 e. The zero-order valence-electron chi connectivity index (χ0n) is 11.2. The van der Waals surface area contributed by atoms with E-state index in [1.165, 1.54) is 18.2 Å². The predicted octanol–water partition coefficient (Wildman–Crippen LogP) is 1.08. The summed E-state index contributed by atoms with van der Waals surface area (Å²) in [7, 11) is 0. The summed E-state index contributed by atoms with van der Waals surface area (Å²) in [6.45, 7) is 3.13. The summed E-state index contributed by atoms with van der Waals surface area (Å²) in [6, 6.07) is 3.98. The number of carbonyl (C=O) groups excluding carboxylic acids is 1. The Balaban J connectivity index is 2.13. The van der Waals surface area contributed by atoms with Crippen molar-refractivity contribution in [3.05, 3.63) is 35.1 Å². The molecular weight excluding hydrogens is 263 g/mol. The number of nitrogens with two attached hydrogens (primary N) is 1. The Kier molecular flexibility index (Phi) is 4.04. The van der Waals surface area contributed by atoms with Gasteiger partial charge in [-0.2, -0.15) is 0 Å². The van der Waals surface area contributed by atoms with Crippen molar-refractivity contribution in [2.24, 2.45) is 17.6 Å². The number of benzene rings is 1. The van der Waals surface area contributed by atoms with E-state index in [9.17, 15) is 14.0 Å². The number of primary amides is 1. The highest BCUT2D eigenvalue weighted by molar-refractivity contribution is 5.92. The van der Waals surface area contributed by atoms with E-state index in [-0.39, 0.29) is 18.0 Å². The Hall–Kier alpha value is -1.95. The van der Waals surface area contributed by atoms with Crippen LogP contribution in [0.2, 0.25) is 0 Å². The molecule has 0 bridgehead atoms. The molecule has 0 spiro atoms. The molecule has 0 unspecified atom stereocenters. The summed E-state index contributed by atoms with van der Waals surface area (Å²) in [6.07, 6.45) is 0. The van der Waals surface area contributed by atoms with Crippen LogP contribution in [0.4, 0.5) is 4.39 Å². The molecule has 1 heterocycles. The molecule has 6 heteroatoms. The minimum atomic E-state index is -0.827. The molecule has 0 saturated carbocycles. The van der Waals surface area contributed by atoms with Gasteiger partial charge >= 0.3 is 5.97 Å². The molecule has 20 heavy (non-hydrogen) atoms. The summed E-state index contributed by atoms with van der Waals surface area (Å²) in [5.41, 5.74) is 5.79. The first-order valence-corrected chi connectivity index (χ1v) is 6.42. The summed E-state index contributed by atoms with van der Waals surface area (Å²) < 4.78 is 13.7. The zero-order chi connectivity index (χ0) is 14.9. The number of carbonyl (C=O) groups is 2. The lowest BCUT2D eigenvalue weighted by Crippen LogP contribution is -2.23. The highest BCUT2D eigenvalue weighted by atomic mass is 19.1. The molecule has 5 nitrogen and oxygen atoms in total. The minimum Gasteiger partial charge on any atom is -0.481 e. The van der Waals surface area contributed by atoms with Gasteiger partial charge in [0.05, 0.1) is 5.92 Å². The van der Waals surface area contributed by atoms with E-state index in [0.29, 0.717) is 18.7 Å². The van der Waals surface area contributed by atoms with Gasteiger partial charge in [-0.15, -0.1) is 0 Å². The Morgan fingerprint density at radius 1 is 1.45 bits per heavy atom. The van der Waals surface area contributed by atoms with Crippen molar-refractivity contribution in [1.82, 2.24) is 4.90 Å². The molecule has 2 atom stereocenters. The average Bonchev–Trinajstić information content (AvgIpc) is 2.73. The van der Waals surface area contributed by atoms with Crippen LogP contribution in [0.25, 0.3) is 0 Å². The Bertz CT molecular complexity index is 547. The van der Waals surface area contributed by atoms with Gasteiger partial charge in [0, 0.05) is 30.8 Å². The summed E-state index contributed by atoms with van der Waals surface area (Å²) in [5, 5.41) is 9.08. The van der Waals surface area contributed by atoms with Crippen molar-refractivity contribution in [2.75, 3.05) is 13.1 Å². The fourth-order valence-electron chi connectivity index (χ4n) is 2.61. The smallest absolute Gasteiger partial charge is 0.308 e. The SMILES string of the molecule is C[C@@H]1CN(Cc2cc(C(N)=O)ccc2F)C[C@H]1C(=O)O. The molecule has 1 aromatic carbocycles. The Morgan fingerprint density at radius 3 is 2.70 bits per heavy atom. The Labute approximate surface area is 116 Å². The third-order valence-electron chi connectivity index (χ3n) is 3.73. The number of amides is 1. The van der Waals surface area contributed by atoms with Crippen LogP contribution in [0.3, 0.4) is 0 Å². The molecule has 3 N–H and O–H groups in total. The number of halogens is 1. The molecule has 1 fully saturated rings. The van der Waals surface area contributed by atoms with E-state index >= 15 is 0 Å². The fourth-order valence-corrected chi connectivity index (χ4v) is 2.61. The van der Waals surface area contributed by atoms with Crippen molar-refractivity contribution < 1.29 is 19.1 Å². The molecule has 1 amide bonds. The first-order chi connectivity index (χ1) is 9.38. The van der Waals surface area contributed by atoms with Gasteiger partial charge in [0.25, 0.3) is 0 Å². The van der Waals surface area contributed by atoms with E-state index in [1.807, 2.05) is 11.8 Å². The maximum Gasteiger partial charge on any atom is 0.308 e. The number of carboxylic acids is 1. The lowest BCUT2D eigenvalue weighted by molar-refractivity contribution is -0.142. The van der Waals surface area contributed by atoms with E-state index in [4.69, 9.17) is 10.8 Å². The third kappa shape index (κ3) is 2.96. The monoisotopic (exact) mass is 280 g/mol. The number of rotatable bonds is 4. The summed E-state index contributed by atoms with van der Waals surface area (Å²) in [4.78, 5) is 24.0. The molecule has 1 aliphatic rings. The van der Waals surface area contributed by atoms with E-state index < -0.39 is 23.6 Å². The van der Waals surface area contributed by atoms with Gasteiger partial charge in [0.1, 0.15) is 5.82 Å². The van der Waals surface area contributed by atoms with Crippen molar-refractivity contribution in [3.8, 4) is 0 Å². The maximum absolute atomic E-state index is 13.7. The van der Waals surface area contributed by atoms with Crippen LogP contribution in [-0.4, -0.2) is 35.0 Å². The standard InChI is InChI=1S/C14H17FN2O3/c1-8-5-17(7-11(8)14(19)20)6-10-4-9(13(16)18)2-3-12(10)15/h2-4,8,11H,5-7H2,1H3,(H2,16,18)(H,19,20)/t8-,11-/m1/s1. The number of nitrogens with zero attached hydrogens (tertiary/aromatic N) is 1. The van der Waals surface area contributed by atoms with Crippen molar-refractivity contribution in [1.29, 1.82) is 0 Å². The third-order valence-corrected chi connectivity index (χ3v) is 3.73. The molecule has 0 radical (unpaired) electrons. The van der Waals surface area contributed by atoms with Gasteiger partial charge in [-0.05, 0) is 24.1 Å². The van der Waals surface area contributed by atoms with Crippen LogP contribution in [0.15, 0.2) is 18.2 Å². The van der Waals surface area contributed by atoms with Crippen LogP contribution >= 0.6 is 0 Å². The highest BCUT2D eigenvalue weighted by Crippen LogP contribution is 2.25. The molecule has 108 valence electrons. The fraction of sp³-hybridized carbons (Fsp3) is 0.429. The molecule has 1 saturated heterocycles. The molecular formula is C14H17FN2O3. The van der Waals surface area contributed by atoms with Gasteiger partial charge in [-0.25, -0.2) is 4.39 Å². The number of carboxylic acid groups (broad SMARTS) is 1. The lowest BCUT2D eigenvalue weighted by atomic mass is 9.99. The quantitative estimate of drug-likeness (QED) is 0.864. The minimum absolute atomic E-state index is 0.0230. The first-order valence-electron chi connectivity index (χ1n) is 6.42. The van der Waals surface area contributed by atoms with E-state index in [2.05, 4.69) is 0 Å². The van der Waals surface area contributed by atoms with Gasteiger partial charge < -0.3 is 10.8 Å². The van der Waals surface area contributed by atoms with Crippen molar-refractivity contribution in [3.63, 3.8) is 0 Å².